The zero-order valence-electron chi connectivity index (χ0n) is 17.2. The zero-order chi connectivity index (χ0) is 20.0. The molecule has 6 atom stereocenters. The second-order valence-electron chi connectivity index (χ2n) is 8.97. The molecule has 0 radical (unpaired) electrons. The number of para-hydroxylation sites is 1. The Morgan fingerprint density at radius 3 is 2.90 bits per heavy atom. The van der Waals surface area contributed by atoms with Gasteiger partial charge in [-0.3, -0.25) is 4.79 Å². The number of fused-ring (bicyclic) bond motifs is 3. The van der Waals surface area contributed by atoms with Crippen LogP contribution in [0.2, 0.25) is 0 Å². The smallest absolute Gasteiger partial charge is 0.309 e. The third kappa shape index (κ3) is 3.23. The van der Waals surface area contributed by atoms with E-state index in [1.807, 2.05) is 30.3 Å². The number of hydrogen-bond donors (Lipinski definition) is 0. The second-order valence-corrected chi connectivity index (χ2v) is 8.97. The lowest BCUT2D eigenvalue weighted by Gasteiger charge is -2.45. The Hall–Kier alpha value is -2.36. The molecule has 2 saturated carbocycles. The fraction of sp³-hybridized carbons (Fsp3) is 0.520. The van der Waals surface area contributed by atoms with E-state index in [1.54, 1.807) is 7.11 Å². The lowest BCUT2D eigenvalue weighted by Crippen LogP contribution is -2.42. The van der Waals surface area contributed by atoms with Crippen molar-refractivity contribution in [3.8, 4) is 5.75 Å². The highest BCUT2D eigenvalue weighted by atomic mass is 16.6. The topological polar surface area (TPSA) is 48.4 Å². The van der Waals surface area contributed by atoms with Gasteiger partial charge in [0.2, 0.25) is 0 Å². The van der Waals surface area contributed by atoms with E-state index in [9.17, 15) is 4.79 Å². The van der Waals surface area contributed by atoms with Gasteiger partial charge in [0.05, 0.1) is 24.2 Å². The molecule has 0 amide bonds. The number of benzene rings is 1. The van der Waals surface area contributed by atoms with Crippen molar-refractivity contribution in [1.82, 2.24) is 4.98 Å². The number of hydrogen-bond acceptors (Lipinski definition) is 4. The molecule has 0 N–H and O–H groups in total. The van der Waals surface area contributed by atoms with Crippen LogP contribution in [-0.2, 0) is 9.53 Å². The summed E-state index contributed by atoms with van der Waals surface area (Å²) in [5.41, 5.74) is 1.85. The summed E-state index contributed by atoms with van der Waals surface area (Å²) in [6.45, 7) is 2.07. The van der Waals surface area contributed by atoms with Gasteiger partial charge in [-0.25, -0.2) is 4.98 Å². The number of pyridine rings is 1. The van der Waals surface area contributed by atoms with E-state index in [2.05, 4.69) is 19.1 Å². The quantitative estimate of drug-likeness (QED) is 0.670. The fourth-order valence-electron chi connectivity index (χ4n) is 6.21. The summed E-state index contributed by atoms with van der Waals surface area (Å²) in [4.78, 5) is 17.3. The van der Waals surface area contributed by atoms with Gasteiger partial charge in [-0.2, -0.15) is 0 Å². The lowest BCUT2D eigenvalue weighted by atomic mass is 9.57. The maximum Gasteiger partial charge on any atom is 0.309 e. The number of aromatic nitrogens is 1. The highest BCUT2D eigenvalue weighted by molar-refractivity contribution is 5.86. The molecule has 0 unspecified atom stereocenters. The molecule has 2 aliphatic carbocycles. The van der Waals surface area contributed by atoms with Gasteiger partial charge < -0.3 is 9.47 Å². The summed E-state index contributed by atoms with van der Waals surface area (Å²) >= 11 is 0. The number of allylic oxidation sites excluding steroid dienone is 1. The van der Waals surface area contributed by atoms with Crippen LogP contribution in [0.15, 0.2) is 36.4 Å². The molecule has 1 aromatic carbocycles. The van der Waals surface area contributed by atoms with Crippen molar-refractivity contribution in [3.05, 3.63) is 42.1 Å². The maximum absolute atomic E-state index is 12.5. The van der Waals surface area contributed by atoms with Crippen LogP contribution in [0.4, 0.5) is 0 Å². The highest BCUT2D eigenvalue weighted by Gasteiger charge is 2.53. The van der Waals surface area contributed by atoms with Crippen molar-refractivity contribution < 1.29 is 14.3 Å². The summed E-state index contributed by atoms with van der Waals surface area (Å²) in [7, 11) is 1.71. The van der Waals surface area contributed by atoms with Crippen LogP contribution in [0.1, 0.15) is 44.7 Å². The Bertz CT molecular complexity index is 952. The van der Waals surface area contributed by atoms with Gasteiger partial charge in [0.25, 0.3) is 0 Å². The van der Waals surface area contributed by atoms with Crippen LogP contribution in [0.5, 0.6) is 5.75 Å². The van der Waals surface area contributed by atoms with E-state index in [1.165, 1.54) is 25.7 Å². The average Bonchev–Trinajstić information content (AvgIpc) is 3.03. The highest BCUT2D eigenvalue weighted by Crippen LogP contribution is 2.53. The Morgan fingerprint density at radius 1 is 1.21 bits per heavy atom. The normalized spacial score (nSPS) is 34.1. The molecule has 3 fully saturated rings. The molecule has 0 spiro atoms. The Kier molecular flexibility index (Phi) is 4.81. The van der Waals surface area contributed by atoms with Crippen molar-refractivity contribution in [2.24, 2.45) is 29.6 Å². The summed E-state index contributed by atoms with van der Waals surface area (Å²) < 4.78 is 11.3. The van der Waals surface area contributed by atoms with Gasteiger partial charge in [0.15, 0.2) is 0 Å². The summed E-state index contributed by atoms with van der Waals surface area (Å²) in [5.74, 6) is 2.91. The van der Waals surface area contributed by atoms with Crippen molar-refractivity contribution in [1.29, 1.82) is 0 Å². The predicted molar refractivity (Wildman–Crippen MR) is 113 cm³/mol. The van der Waals surface area contributed by atoms with Crippen LogP contribution in [0.25, 0.3) is 17.0 Å². The second kappa shape index (κ2) is 7.47. The largest absolute Gasteiger partial charge is 0.496 e. The molecule has 4 nitrogen and oxygen atoms in total. The zero-order valence-corrected chi connectivity index (χ0v) is 17.2. The molecule has 3 aliphatic rings. The molecule has 1 aliphatic heterocycles. The van der Waals surface area contributed by atoms with Crippen molar-refractivity contribution in [3.63, 3.8) is 0 Å². The van der Waals surface area contributed by atoms with E-state index >= 15 is 0 Å². The summed E-state index contributed by atoms with van der Waals surface area (Å²) in [6.07, 6.45) is 10.6. The SMILES string of the molecule is COc1cc(/C=C/[C@H]2[C@@H]3CCCC[C@H]3C[C@H]3C(=O)O[C@H](C)[C@@H]23)nc2ccccc12. The van der Waals surface area contributed by atoms with E-state index in [-0.39, 0.29) is 18.0 Å². The molecule has 1 saturated heterocycles. The van der Waals surface area contributed by atoms with Gasteiger partial charge in [0.1, 0.15) is 11.9 Å². The van der Waals surface area contributed by atoms with Crippen LogP contribution in [0.3, 0.4) is 0 Å². The van der Waals surface area contributed by atoms with Crippen LogP contribution >= 0.6 is 0 Å². The van der Waals surface area contributed by atoms with Crippen molar-refractivity contribution in [2.45, 2.75) is 45.1 Å². The third-order valence-electron chi connectivity index (χ3n) is 7.48. The fourth-order valence-corrected chi connectivity index (χ4v) is 6.21. The minimum absolute atomic E-state index is 0.00382. The van der Waals surface area contributed by atoms with Crippen LogP contribution in [0, 0.1) is 29.6 Å². The molecule has 4 heteroatoms. The Morgan fingerprint density at radius 2 is 2.03 bits per heavy atom. The van der Waals surface area contributed by atoms with Crippen molar-refractivity contribution in [2.75, 3.05) is 7.11 Å². The lowest BCUT2D eigenvalue weighted by molar-refractivity contribution is -0.144. The monoisotopic (exact) mass is 391 g/mol. The van der Waals surface area contributed by atoms with Crippen LogP contribution < -0.4 is 4.74 Å². The molecule has 2 aromatic rings. The number of esters is 1. The van der Waals surface area contributed by atoms with Gasteiger partial charge in [-0.05, 0) is 55.7 Å². The van der Waals surface area contributed by atoms with E-state index < -0.39 is 0 Å². The molecule has 152 valence electrons. The number of nitrogens with zero attached hydrogens (tertiary/aromatic N) is 1. The van der Waals surface area contributed by atoms with Crippen LogP contribution in [-0.4, -0.2) is 24.2 Å². The third-order valence-corrected chi connectivity index (χ3v) is 7.48. The number of carbonyl (C=O) groups is 1. The predicted octanol–water partition coefficient (Wildman–Crippen LogP) is 5.26. The number of cyclic esters (lactones) is 1. The van der Waals surface area contributed by atoms with Gasteiger partial charge in [0, 0.05) is 17.4 Å². The first-order valence-corrected chi connectivity index (χ1v) is 11.0. The summed E-state index contributed by atoms with van der Waals surface area (Å²) in [6, 6.07) is 10.1. The van der Waals surface area contributed by atoms with Gasteiger partial charge in [-0.1, -0.05) is 37.5 Å². The first-order chi connectivity index (χ1) is 14.2. The Labute approximate surface area is 172 Å². The standard InChI is InChI=1S/C25H29NO3/c1-15-24-19(18-8-4-3-7-16(18)13-21(24)25(27)29-15)12-11-17-14-23(28-2)20-9-5-6-10-22(20)26-17/h5-6,9-12,14-16,18-19,21,24H,3-4,7-8,13H2,1-2H3/b12-11+/t15-,16+,18-,19+,21-,24+/m1/s1. The van der Waals surface area contributed by atoms with Gasteiger partial charge >= 0.3 is 5.97 Å². The Balaban J connectivity index is 1.50. The maximum atomic E-state index is 12.5. The molecular weight excluding hydrogens is 362 g/mol. The number of rotatable bonds is 3. The number of methoxy groups -OCH3 is 1. The molecular formula is C25H29NO3. The minimum Gasteiger partial charge on any atom is -0.496 e. The minimum atomic E-state index is 0.00382. The van der Waals surface area contributed by atoms with Gasteiger partial charge in [-0.15, -0.1) is 0 Å². The number of carbonyl (C=O) groups excluding carboxylic acids is 1. The first-order valence-electron chi connectivity index (χ1n) is 11.0. The first kappa shape index (κ1) is 18.7. The van der Waals surface area contributed by atoms with E-state index in [0.717, 1.165) is 28.8 Å². The molecule has 0 bridgehead atoms. The molecule has 5 rings (SSSR count). The molecule has 2 heterocycles. The molecule has 29 heavy (non-hydrogen) atoms. The van der Waals surface area contributed by atoms with E-state index in [0.29, 0.717) is 23.7 Å². The van der Waals surface area contributed by atoms with Crippen molar-refractivity contribution >= 4 is 22.9 Å². The average molecular weight is 392 g/mol. The summed E-state index contributed by atoms with van der Waals surface area (Å²) in [5, 5.41) is 1.03. The number of ether oxygens (including phenoxy) is 2. The van der Waals surface area contributed by atoms with E-state index in [4.69, 9.17) is 14.5 Å². The molecule has 1 aromatic heterocycles.